The Balaban J connectivity index is 1.97. The van der Waals surface area contributed by atoms with Crippen molar-refractivity contribution in [3.8, 4) is 16.9 Å². The first-order valence-corrected chi connectivity index (χ1v) is 13.9. The molecule has 204 valence electrons. The predicted octanol–water partition coefficient (Wildman–Crippen LogP) is 6.23. The minimum Gasteiger partial charge on any atom is -0.496 e. The zero-order valence-corrected chi connectivity index (χ0v) is 23.6. The van der Waals surface area contributed by atoms with Gasteiger partial charge in [-0.3, -0.25) is 10.2 Å². The van der Waals surface area contributed by atoms with Gasteiger partial charge in [0.15, 0.2) is 0 Å². The molecule has 0 saturated heterocycles. The van der Waals surface area contributed by atoms with Crippen LogP contribution < -0.4 is 10.5 Å². The Kier molecular flexibility index (Phi) is 10.5. The average Bonchev–Trinajstić information content (AvgIpc) is 3.08. The molecule has 7 heteroatoms. The Hall–Kier alpha value is -3.61. The van der Waals surface area contributed by atoms with Crippen molar-refractivity contribution in [3.63, 3.8) is 0 Å². The average molecular weight is 518 g/mol. The fraction of sp³-hybridized carbons (Fsp3) is 0.452. The lowest BCUT2D eigenvalue weighted by molar-refractivity contribution is -0.127. The van der Waals surface area contributed by atoms with Gasteiger partial charge in [0.1, 0.15) is 17.4 Å². The highest BCUT2D eigenvalue weighted by atomic mass is 16.5. The van der Waals surface area contributed by atoms with Gasteiger partial charge in [0.05, 0.1) is 12.8 Å². The number of hydrogen-bond donors (Lipinski definition) is 2. The molecule has 1 aliphatic heterocycles. The summed E-state index contributed by atoms with van der Waals surface area (Å²) >= 11 is 0. The molecular weight excluding hydrogens is 474 g/mol. The van der Waals surface area contributed by atoms with E-state index < -0.39 is 0 Å². The van der Waals surface area contributed by atoms with Crippen LogP contribution >= 0.6 is 0 Å². The van der Waals surface area contributed by atoms with E-state index in [1.807, 2.05) is 47.4 Å². The van der Waals surface area contributed by atoms with Gasteiger partial charge in [-0.15, -0.1) is 0 Å². The summed E-state index contributed by atoms with van der Waals surface area (Å²) in [6, 6.07) is 11.9. The molecular formula is C31H43N5O2. The van der Waals surface area contributed by atoms with Crippen LogP contribution in [0.1, 0.15) is 70.9 Å². The van der Waals surface area contributed by atoms with Crippen LogP contribution in [0.2, 0.25) is 0 Å². The fourth-order valence-electron chi connectivity index (χ4n) is 4.88. The maximum atomic E-state index is 13.3. The third-order valence-corrected chi connectivity index (χ3v) is 6.64. The molecule has 2 aromatic rings. The number of rotatable bonds is 12. The molecule has 0 atom stereocenters. The number of carbonyl (C=O) groups is 1. The maximum absolute atomic E-state index is 13.3. The third kappa shape index (κ3) is 6.82. The first-order chi connectivity index (χ1) is 18.4. The molecule has 0 spiro atoms. The van der Waals surface area contributed by atoms with Gasteiger partial charge in [0.2, 0.25) is 5.91 Å². The number of amides is 1. The van der Waals surface area contributed by atoms with E-state index in [-0.39, 0.29) is 5.91 Å². The molecule has 2 aromatic carbocycles. The fourth-order valence-corrected chi connectivity index (χ4v) is 4.88. The third-order valence-electron chi connectivity index (χ3n) is 6.64. The molecule has 38 heavy (non-hydrogen) atoms. The van der Waals surface area contributed by atoms with Crippen LogP contribution in [0.5, 0.6) is 5.75 Å². The van der Waals surface area contributed by atoms with Crippen molar-refractivity contribution < 1.29 is 9.53 Å². The van der Waals surface area contributed by atoms with Crippen molar-refractivity contribution in [2.24, 2.45) is 10.7 Å². The Morgan fingerprint density at radius 3 is 2.08 bits per heavy atom. The number of ether oxygens (including phenoxy) is 1. The van der Waals surface area contributed by atoms with E-state index in [1.54, 1.807) is 7.11 Å². The van der Waals surface area contributed by atoms with Crippen molar-refractivity contribution in [2.75, 3.05) is 33.3 Å². The van der Waals surface area contributed by atoms with Crippen LogP contribution in [0.4, 0.5) is 5.69 Å². The number of aliphatic imine (C=N–C) groups is 1. The van der Waals surface area contributed by atoms with Crippen LogP contribution in [0, 0.1) is 5.41 Å². The zero-order valence-electron chi connectivity index (χ0n) is 23.6. The van der Waals surface area contributed by atoms with Crippen molar-refractivity contribution in [2.45, 2.75) is 59.8 Å². The van der Waals surface area contributed by atoms with Crippen molar-refractivity contribution >= 4 is 29.3 Å². The number of benzene rings is 2. The zero-order chi connectivity index (χ0) is 27.7. The summed E-state index contributed by atoms with van der Waals surface area (Å²) in [4.78, 5) is 22.0. The number of hydrogen-bond acceptors (Lipinski definition) is 5. The summed E-state index contributed by atoms with van der Waals surface area (Å²) in [6.07, 6.45) is 6.05. The smallest absolute Gasteiger partial charge is 0.250 e. The molecule has 1 amide bonds. The van der Waals surface area contributed by atoms with Crippen LogP contribution in [-0.2, 0) is 4.79 Å². The highest BCUT2D eigenvalue weighted by Crippen LogP contribution is 2.39. The first kappa shape index (κ1) is 29.0. The summed E-state index contributed by atoms with van der Waals surface area (Å²) < 4.78 is 5.78. The van der Waals surface area contributed by atoms with E-state index in [1.165, 1.54) is 0 Å². The molecule has 0 aromatic heterocycles. The molecule has 0 bridgehead atoms. The van der Waals surface area contributed by atoms with Gasteiger partial charge >= 0.3 is 0 Å². The molecule has 0 saturated carbocycles. The Morgan fingerprint density at radius 1 is 0.947 bits per heavy atom. The summed E-state index contributed by atoms with van der Waals surface area (Å²) in [5.41, 5.74) is 11.2. The Bertz CT molecular complexity index is 1170. The van der Waals surface area contributed by atoms with E-state index in [2.05, 4.69) is 37.6 Å². The van der Waals surface area contributed by atoms with Crippen LogP contribution in [0.15, 0.2) is 47.0 Å². The van der Waals surface area contributed by atoms with Crippen LogP contribution in [0.25, 0.3) is 17.2 Å². The van der Waals surface area contributed by atoms with E-state index in [4.69, 9.17) is 15.9 Å². The highest BCUT2D eigenvalue weighted by Gasteiger charge is 2.22. The van der Waals surface area contributed by atoms with Gasteiger partial charge in [0.25, 0.3) is 0 Å². The van der Waals surface area contributed by atoms with E-state index in [0.29, 0.717) is 35.1 Å². The summed E-state index contributed by atoms with van der Waals surface area (Å²) in [5, 5.41) is 8.69. The van der Waals surface area contributed by atoms with Gasteiger partial charge in [0, 0.05) is 54.9 Å². The van der Waals surface area contributed by atoms with E-state index in [9.17, 15) is 4.79 Å². The predicted molar refractivity (Wildman–Crippen MR) is 158 cm³/mol. The summed E-state index contributed by atoms with van der Waals surface area (Å²) in [5.74, 6) is 1.68. The molecule has 7 nitrogen and oxygen atoms in total. The molecule has 1 heterocycles. The minimum absolute atomic E-state index is 0.0148. The monoisotopic (exact) mass is 517 g/mol. The summed E-state index contributed by atoms with van der Waals surface area (Å²) in [7, 11) is 1.65. The summed E-state index contributed by atoms with van der Waals surface area (Å²) in [6.45, 7) is 11.6. The lowest BCUT2D eigenvalue weighted by Crippen LogP contribution is -2.34. The van der Waals surface area contributed by atoms with Gasteiger partial charge in [-0.05, 0) is 49.5 Å². The number of nitrogens with one attached hydrogen (secondary N) is 1. The number of carbonyl (C=O) groups excluding carboxylic acids is 1. The standard InChI is InChI=1S/C31H43N5O2/c1-6-14-35(15-7-2)30(33)23-12-10-22(11-13-23)26-21-27-24(19-28(26)38-5)18-25(20-29(32)34-27)31(37)36(16-8-3)17-9-4/h10-13,18-19,21,33H,6-9,14-17,20H2,1-5H3,(H2,32,34). The van der Waals surface area contributed by atoms with Gasteiger partial charge in [-0.25, -0.2) is 4.99 Å². The Labute approximate surface area is 227 Å². The van der Waals surface area contributed by atoms with Gasteiger partial charge < -0.3 is 20.3 Å². The molecule has 1 aliphatic rings. The lowest BCUT2D eigenvalue weighted by Gasteiger charge is -2.24. The lowest BCUT2D eigenvalue weighted by atomic mass is 9.98. The highest BCUT2D eigenvalue weighted by molar-refractivity contribution is 6.06. The number of methoxy groups -OCH3 is 1. The van der Waals surface area contributed by atoms with Gasteiger partial charge in [-0.2, -0.15) is 0 Å². The Morgan fingerprint density at radius 2 is 1.53 bits per heavy atom. The normalized spacial score (nSPS) is 12.7. The number of fused-ring (bicyclic) bond motifs is 1. The first-order valence-electron chi connectivity index (χ1n) is 13.9. The second kappa shape index (κ2) is 13.8. The topological polar surface area (TPSA) is 95.0 Å². The van der Waals surface area contributed by atoms with E-state index >= 15 is 0 Å². The van der Waals surface area contributed by atoms with Crippen molar-refractivity contribution in [1.82, 2.24) is 9.80 Å². The maximum Gasteiger partial charge on any atom is 0.250 e. The molecule has 3 rings (SSSR count). The van der Waals surface area contributed by atoms with E-state index in [0.717, 1.165) is 74.1 Å². The quantitative estimate of drug-likeness (QED) is 0.258. The van der Waals surface area contributed by atoms with Crippen molar-refractivity contribution in [1.29, 1.82) is 5.41 Å². The second-order valence-electron chi connectivity index (χ2n) is 9.77. The molecule has 0 aliphatic carbocycles. The van der Waals surface area contributed by atoms with Crippen molar-refractivity contribution in [3.05, 3.63) is 53.1 Å². The molecule has 3 N–H and O–H groups in total. The number of nitrogens with two attached hydrogens (primary N) is 1. The molecule has 0 radical (unpaired) electrons. The molecule has 0 fully saturated rings. The van der Waals surface area contributed by atoms with Crippen LogP contribution in [-0.4, -0.2) is 60.7 Å². The second-order valence-corrected chi connectivity index (χ2v) is 9.77. The van der Waals surface area contributed by atoms with Gasteiger partial charge in [-0.1, -0.05) is 52.0 Å². The number of nitrogens with zero attached hydrogens (tertiary/aromatic N) is 3. The van der Waals surface area contributed by atoms with Crippen LogP contribution in [0.3, 0.4) is 0 Å². The number of amidine groups is 2. The largest absolute Gasteiger partial charge is 0.496 e. The SMILES string of the molecule is CCCN(CCC)C(=N)c1ccc(-c2cc3c(cc2OC)C=C(C(=O)N(CCC)CCC)CC(N)=N3)cc1. The molecule has 0 unspecified atom stereocenters. The minimum atomic E-state index is 0.0148.